The molecule has 7 heteroatoms. The zero-order valence-electron chi connectivity index (χ0n) is 15.3. The van der Waals surface area contributed by atoms with E-state index < -0.39 is 0 Å². The molecule has 0 aliphatic rings. The number of aromatic nitrogens is 2. The first-order valence-corrected chi connectivity index (χ1v) is 8.53. The summed E-state index contributed by atoms with van der Waals surface area (Å²) in [4.78, 5) is 21.7. The Kier molecular flexibility index (Phi) is 5.51. The van der Waals surface area contributed by atoms with E-state index in [2.05, 4.69) is 32.7 Å². The summed E-state index contributed by atoms with van der Waals surface area (Å²) in [6, 6.07) is 17.4. The third-order valence-corrected chi connectivity index (χ3v) is 3.96. The van der Waals surface area contributed by atoms with E-state index in [-0.39, 0.29) is 5.91 Å². The fourth-order valence-electron chi connectivity index (χ4n) is 2.70. The molecule has 2 aromatic carbocycles. The Bertz CT molecular complexity index is 912. The second-order valence-electron chi connectivity index (χ2n) is 6.18. The van der Waals surface area contributed by atoms with E-state index >= 15 is 0 Å². The molecule has 0 atom stereocenters. The monoisotopic (exact) mass is 362 g/mol. The Balaban J connectivity index is 1.75. The van der Waals surface area contributed by atoms with Gasteiger partial charge in [-0.05, 0) is 29.8 Å². The minimum absolute atomic E-state index is 0.109. The molecule has 0 radical (unpaired) electrons. The number of amides is 1. The van der Waals surface area contributed by atoms with Gasteiger partial charge in [0.25, 0.3) is 0 Å². The van der Waals surface area contributed by atoms with Crippen molar-refractivity contribution in [3.63, 3.8) is 0 Å². The number of nitrogen functional groups attached to an aromatic ring is 1. The fourth-order valence-corrected chi connectivity index (χ4v) is 2.70. The quantitative estimate of drug-likeness (QED) is 0.622. The molecule has 3 aromatic rings. The van der Waals surface area contributed by atoms with Gasteiger partial charge in [0.2, 0.25) is 5.91 Å². The van der Waals surface area contributed by atoms with Crippen molar-refractivity contribution in [1.82, 2.24) is 9.97 Å². The Morgan fingerprint density at radius 3 is 2.37 bits per heavy atom. The highest BCUT2D eigenvalue weighted by Gasteiger charge is 2.13. The number of rotatable bonds is 6. The maximum absolute atomic E-state index is 11.1. The number of benzene rings is 2. The van der Waals surface area contributed by atoms with Gasteiger partial charge in [0, 0.05) is 31.9 Å². The van der Waals surface area contributed by atoms with Gasteiger partial charge in [0.15, 0.2) is 11.6 Å². The van der Waals surface area contributed by atoms with Crippen molar-refractivity contribution in [1.29, 1.82) is 0 Å². The molecule has 1 amide bonds. The van der Waals surface area contributed by atoms with Crippen molar-refractivity contribution in [3.8, 4) is 0 Å². The molecule has 0 spiro atoms. The largest absolute Gasteiger partial charge is 0.393 e. The van der Waals surface area contributed by atoms with Crippen LogP contribution < -0.4 is 21.3 Å². The molecule has 4 N–H and O–H groups in total. The summed E-state index contributed by atoms with van der Waals surface area (Å²) >= 11 is 0. The maximum atomic E-state index is 11.1. The molecule has 0 saturated heterocycles. The SMILES string of the molecule is CC(=O)Nc1ccc(Nc2ncnc(N(C)Cc3ccccc3)c2N)cc1. The number of carbonyl (C=O) groups is 1. The number of hydrogen-bond donors (Lipinski definition) is 3. The van der Waals surface area contributed by atoms with E-state index in [0.717, 1.165) is 11.4 Å². The minimum Gasteiger partial charge on any atom is -0.393 e. The van der Waals surface area contributed by atoms with Crippen molar-refractivity contribution >= 4 is 34.6 Å². The molecular formula is C20H22N6O. The van der Waals surface area contributed by atoms with E-state index in [9.17, 15) is 4.79 Å². The first-order valence-electron chi connectivity index (χ1n) is 8.53. The average Bonchev–Trinajstić information content (AvgIpc) is 2.65. The summed E-state index contributed by atoms with van der Waals surface area (Å²) < 4.78 is 0. The van der Waals surface area contributed by atoms with Gasteiger partial charge < -0.3 is 21.3 Å². The molecule has 0 bridgehead atoms. The molecule has 0 unspecified atom stereocenters. The van der Waals surface area contributed by atoms with Crippen LogP contribution in [0.1, 0.15) is 12.5 Å². The zero-order chi connectivity index (χ0) is 19.2. The van der Waals surface area contributed by atoms with Gasteiger partial charge in [-0.15, -0.1) is 0 Å². The second kappa shape index (κ2) is 8.18. The lowest BCUT2D eigenvalue weighted by atomic mass is 10.2. The van der Waals surface area contributed by atoms with E-state index in [1.165, 1.54) is 18.8 Å². The molecule has 1 aromatic heterocycles. The predicted molar refractivity (Wildman–Crippen MR) is 109 cm³/mol. The number of nitrogens with two attached hydrogens (primary N) is 1. The Hall–Kier alpha value is -3.61. The summed E-state index contributed by atoms with van der Waals surface area (Å²) in [7, 11) is 1.94. The minimum atomic E-state index is -0.109. The molecule has 138 valence electrons. The highest BCUT2D eigenvalue weighted by atomic mass is 16.1. The number of carbonyl (C=O) groups excluding carboxylic acids is 1. The van der Waals surface area contributed by atoms with Crippen LogP contribution in [0.4, 0.5) is 28.7 Å². The van der Waals surface area contributed by atoms with Gasteiger partial charge in [-0.3, -0.25) is 4.79 Å². The lowest BCUT2D eigenvalue weighted by Gasteiger charge is -2.21. The normalized spacial score (nSPS) is 10.3. The first-order chi connectivity index (χ1) is 13.0. The van der Waals surface area contributed by atoms with Crippen molar-refractivity contribution in [2.24, 2.45) is 0 Å². The van der Waals surface area contributed by atoms with Gasteiger partial charge in [-0.1, -0.05) is 30.3 Å². The number of hydrogen-bond acceptors (Lipinski definition) is 6. The lowest BCUT2D eigenvalue weighted by molar-refractivity contribution is -0.114. The summed E-state index contributed by atoms with van der Waals surface area (Å²) in [6.07, 6.45) is 1.49. The van der Waals surface area contributed by atoms with Crippen LogP contribution in [-0.2, 0) is 11.3 Å². The summed E-state index contributed by atoms with van der Waals surface area (Å²) in [5.41, 5.74) is 9.48. The van der Waals surface area contributed by atoms with Crippen LogP contribution in [0.3, 0.4) is 0 Å². The zero-order valence-corrected chi connectivity index (χ0v) is 15.3. The Morgan fingerprint density at radius 2 is 1.70 bits per heavy atom. The topological polar surface area (TPSA) is 96.2 Å². The molecule has 3 rings (SSSR count). The van der Waals surface area contributed by atoms with Crippen molar-refractivity contribution < 1.29 is 4.79 Å². The van der Waals surface area contributed by atoms with Crippen LogP contribution in [-0.4, -0.2) is 22.9 Å². The number of nitrogens with zero attached hydrogens (tertiary/aromatic N) is 3. The van der Waals surface area contributed by atoms with Gasteiger partial charge >= 0.3 is 0 Å². The third-order valence-electron chi connectivity index (χ3n) is 3.96. The molecule has 0 fully saturated rings. The molecule has 27 heavy (non-hydrogen) atoms. The average molecular weight is 362 g/mol. The van der Waals surface area contributed by atoms with E-state index in [1.54, 1.807) is 0 Å². The van der Waals surface area contributed by atoms with E-state index in [1.807, 2.05) is 54.4 Å². The van der Waals surface area contributed by atoms with Gasteiger partial charge in [0.05, 0.1) is 0 Å². The van der Waals surface area contributed by atoms with E-state index in [0.29, 0.717) is 23.9 Å². The molecule has 0 aliphatic carbocycles. The smallest absolute Gasteiger partial charge is 0.221 e. The van der Waals surface area contributed by atoms with Crippen molar-refractivity contribution in [2.45, 2.75) is 13.5 Å². The van der Waals surface area contributed by atoms with E-state index in [4.69, 9.17) is 5.73 Å². The summed E-state index contributed by atoms with van der Waals surface area (Å²) in [5, 5.41) is 5.93. The summed E-state index contributed by atoms with van der Waals surface area (Å²) in [5.74, 6) is 1.08. The van der Waals surface area contributed by atoms with Crippen LogP contribution in [0.2, 0.25) is 0 Å². The predicted octanol–water partition coefficient (Wildman–Crippen LogP) is 3.40. The standard InChI is InChI=1S/C20H22N6O/c1-14(27)24-16-8-10-17(11-9-16)25-19-18(21)20(23-13-22-19)26(2)12-15-6-4-3-5-7-15/h3-11,13H,12,21H2,1-2H3,(H,24,27)(H,22,23,25). The number of nitrogens with one attached hydrogen (secondary N) is 2. The molecular weight excluding hydrogens is 340 g/mol. The molecule has 0 aliphatic heterocycles. The van der Waals surface area contributed by atoms with Crippen LogP contribution in [0.15, 0.2) is 60.9 Å². The Morgan fingerprint density at radius 1 is 1.04 bits per heavy atom. The second-order valence-corrected chi connectivity index (χ2v) is 6.18. The first kappa shape index (κ1) is 18.2. The summed E-state index contributed by atoms with van der Waals surface area (Å²) in [6.45, 7) is 2.16. The molecule has 1 heterocycles. The van der Waals surface area contributed by atoms with Crippen molar-refractivity contribution in [2.75, 3.05) is 28.3 Å². The van der Waals surface area contributed by atoms with Crippen LogP contribution >= 0.6 is 0 Å². The van der Waals surface area contributed by atoms with Gasteiger partial charge in [-0.2, -0.15) is 0 Å². The Labute approximate surface area is 158 Å². The highest BCUT2D eigenvalue weighted by Crippen LogP contribution is 2.29. The molecule has 7 nitrogen and oxygen atoms in total. The highest BCUT2D eigenvalue weighted by molar-refractivity contribution is 5.89. The van der Waals surface area contributed by atoms with Gasteiger partial charge in [-0.25, -0.2) is 9.97 Å². The molecule has 0 saturated carbocycles. The fraction of sp³-hybridized carbons (Fsp3) is 0.150. The van der Waals surface area contributed by atoms with Gasteiger partial charge in [0.1, 0.15) is 12.0 Å². The van der Waals surface area contributed by atoms with Crippen LogP contribution in [0, 0.1) is 0 Å². The van der Waals surface area contributed by atoms with Crippen molar-refractivity contribution in [3.05, 3.63) is 66.5 Å². The third kappa shape index (κ3) is 4.72. The van der Waals surface area contributed by atoms with Crippen LogP contribution in [0.5, 0.6) is 0 Å². The number of anilines is 5. The van der Waals surface area contributed by atoms with Crippen LogP contribution in [0.25, 0.3) is 0 Å². The lowest BCUT2D eigenvalue weighted by Crippen LogP contribution is -2.20. The maximum Gasteiger partial charge on any atom is 0.221 e.